The Morgan fingerprint density at radius 1 is 1.26 bits per heavy atom. The lowest BCUT2D eigenvalue weighted by molar-refractivity contribution is 0.176. The summed E-state index contributed by atoms with van der Waals surface area (Å²) in [5, 5.41) is 10.5. The Labute approximate surface area is 116 Å². The Kier molecular flexibility index (Phi) is 4.40. The van der Waals surface area contributed by atoms with E-state index in [9.17, 15) is 9.50 Å². The van der Waals surface area contributed by atoms with E-state index in [2.05, 4.69) is 0 Å². The fourth-order valence-corrected chi connectivity index (χ4v) is 2.02. The van der Waals surface area contributed by atoms with Crippen molar-refractivity contribution in [3.05, 3.63) is 64.4 Å². The number of aliphatic hydroxyl groups is 1. The van der Waals surface area contributed by atoms with Crippen LogP contribution in [0.25, 0.3) is 0 Å². The predicted octanol–water partition coefficient (Wildman–Crippen LogP) is 3.76. The summed E-state index contributed by atoms with van der Waals surface area (Å²) in [4.78, 5) is 0. The summed E-state index contributed by atoms with van der Waals surface area (Å²) in [5.74, 6) is 0.252. The van der Waals surface area contributed by atoms with Gasteiger partial charge in [-0.05, 0) is 35.4 Å². The van der Waals surface area contributed by atoms with Crippen LogP contribution >= 0.6 is 11.6 Å². The van der Waals surface area contributed by atoms with Gasteiger partial charge < -0.3 is 9.84 Å². The molecule has 0 heterocycles. The van der Waals surface area contributed by atoms with Crippen molar-refractivity contribution in [2.75, 3.05) is 7.11 Å². The molecule has 0 aromatic heterocycles. The van der Waals surface area contributed by atoms with Crippen molar-refractivity contribution in [2.45, 2.75) is 12.5 Å². The Hall–Kier alpha value is -1.58. The first-order valence-corrected chi connectivity index (χ1v) is 6.24. The second kappa shape index (κ2) is 6.04. The minimum absolute atomic E-state index is 0.191. The summed E-state index contributed by atoms with van der Waals surface area (Å²) < 4.78 is 18.7. The largest absolute Gasteiger partial charge is 0.497 e. The van der Waals surface area contributed by atoms with E-state index in [1.807, 2.05) is 0 Å². The zero-order chi connectivity index (χ0) is 13.8. The van der Waals surface area contributed by atoms with E-state index in [-0.39, 0.29) is 6.42 Å². The highest BCUT2D eigenvalue weighted by Gasteiger charge is 2.12. The molecular formula is C15H14ClFO2. The van der Waals surface area contributed by atoms with Crippen LogP contribution in [0.3, 0.4) is 0 Å². The molecule has 0 aliphatic carbocycles. The van der Waals surface area contributed by atoms with Crippen LogP contribution in [-0.2, 0) is 6.42 Å². The maximum atomic E-state index is 13.7. The monoisotopic (exact) mass is 280 g/mol. The van der Waals surface area contributed by atoms with Gasteiger partial charge in [0.25, 0.3) is 0 Å². The Bertz CT molecular complexity index is 572. The van der Waals surface area contributed by atoms with Gasteiger partial charge in [-0.15, -0.1) is 0 Å². The zero-order valence-corrected chi connectivity index (χ0v) is 11.2. The van der Waals surface area contributed by atoms with Crippen LogP contribution in [0, 0.1) is 5.82 Å². The number of methoxy groups -OCH3 is 1. The van der Waals surface area contributed by atoms with Crippen LogP contribution in [0.15, 0.2) is 42.5 Å². The summed E-state index contributed by atoms with van der Waals surface area (Å²) in [6.07, 6.45) is -0.596. The van der Waals surface area contributed by atoms with E-state index in [1.54, 1.807) is 43.5 Å². The molecule has 2 nitrogen and oxygen atoms in total. The molecule has 1 unspecified atom stereocenters. The molecule has 0 saturated carbocycles. The molecule has 0 radical (unpaired) electrons. The molecule has 0 bridgehead atoms. The molecule has 0 saturated heterocycles. The number of benzene rings is 2. The summed E-state index contributed by atoms with van der Waals surface area (Å²) >= 11 is 5.69. The molecule has 0 fully saturated rings. The molecule has 0 aliphatic heterocycles. The molecule has 100 valence electrons. The molecule has 0 amide bonds. The molecule has 1 atom stereocenters. The topological polar surface area (TPSA) is 29.5 Å². The number of halogens is 2. The first-order valence-electron chi connectivity index (χ1n) is 5.86. The minimum Gasteiger partial charge on any atom is -0.497 e. The summed E-state index contributed by atoms with van der Waals surface area (Å²) in [6.45, 7) is 0. The lowest BCUT2D eigenvalue weighted by Crippen LogP contribution is -2.03. The second-order valence-corrected chi connectivity index (χ2v) is 4.67. The van der Waals surface area contributed by atoms with Crippen LogP contribution in [0.1, 0.15) is 17.2 Å². The summed E-state index contributed by atoms with van der Waals surface area (Å²) in [6, 6.07) is 11.5. The number of hydrogen-bond donors (Lipinski definition) is 1. The molecule has 0 aliphatic rings. The highest BCUT2D eigenvalue weighted by atomic mass is 35.5. The van der Waals surface area contributed by atoms with E-state index in [0.717, 1.165) is 0 Å². The third-order valence-corrected chi connectivity index (χ3v) is 3.14. The van der Waals surface area contributed by atoms with Gasteiger partial charge in [0.05, 0.1) is 13.2 Å². The Balaban J connectivity index is 2.17. The molecule has 19 heavy (non-hydrogen) atoms. The highest BCUT2D eigenvalue weighted by Crippen LogP contribution is 2.24. The molecule has 2 rings (SSSR count). The normalized spacial score (nSPS) is 12.2. The predicted molar refractivity (Wildman–Crippen MR) is 73.1 cm³/mol. The summed E-state index contributed by atoms with van der Waals surface area (Å²) in [5.41, 5.74) is 1.12. The number of aliphatic hydroxyl groups excluding tert-OH is 1. The van der Waals surface area contributed by atoms with E-state index in [1.165, 1.54) is 6.07 Å². The quantitative estimate of drug-likeness (QED) is 0.924. The SMILES string of the molecule is COc1cccc(C(O)Cc2ccc(Cl)cc2F)c1. The molecular weight excluding hydrogens is 267 g/mol. The maximum absolute atomic E-state index is 13.7. The van der Waals surface area contributed by atoms with Crippen LogP contribution in [0.4, 0.5) is 4.39 Å². The van der Waals surface area contributed by atoms with Gasteiger partial charge in [0.1, 0.15) is 11.6 Å². The fraction of sp³-hybridized carbons (Fsp3) is 0.200. The smallest absolute Gasteiger partial charge is 0.127 e. The second-order valence-electron chi connectivity index (χ2n) is 4.23. The first-order chi connectivity index (χ1) is 9.10. The van der Waals surface area contributed by atoms with Gasteiger partial charge in [0, 0.05) is 11.4 Å². The van der Waals surface area contributed by atoms with Crippen molar-refractivity contribution in [3.8, 4) is 5.75 Å². The Morgan fingerprint density at radius 2 is 2.05 bits per heavy atom. The molecule has 1 N–H and O–H groups in total. The van der Waals surface area contributed by atoms with Gasteiger partial charge in [-0.25, -0.2) is 4.39 Å². The van der Waals surface area contributed by atoms with Crippen molar-refractivity contribution in [2.24, 2.45) is 0 Å². The molecule has 0 spiro atoms. The fourth-order valence-electron chi connectivity index (χ4n) is 1.86. The number of hydrogen-bond acceptors (Lipinski definition) is 2. The van der Waals surface area contributed by atoms with Crippen molar-refractivity contribution in [1.82, 2.24) is 0 Å². The number of rotatable bonds is 4. The van der Waals surface area contributed by atoms with Crippen LogP contribution in [0.5, 0.6) is 5.75 Å². The average Bonchev–Trinajstić information content (AvgIpc) is 2.42. The average molecular weight is 281 g/mol. The minimum atomic E-state index is -0.786. The van der Waals surface area contributed by atoms with Crippen molar-refractivity contribution in [3.63, 3.8) is 0 Å². The number of ether oxygens (including phenoxy) is 1. The highest BCUT2D eigenvalue weighted by molar-refractivity contribution is 6.30. The van der Waals surface area contributed by atoms with Crippen molar-refractivity contribution in [1.29, 1.82) is 0 Å². The first kappa shape index (κ1) is 13.8. The standard InChI is InChI=1S/C15H14ClFO2/c1-19-13-4-2-3-11(7-13)15(18)8-10-5-6-12(16)9-14(10)17/h2-7,9,15,18H,8H2,1H3. The molecule has 2 aromatic carbocycles. The summed E-state index contributed by atoms with van der Waals surface area (Å²) in [7, 11) is 1.56. The van der Waals surface area contributed by atoms with Crippen LogP contribution in [0.2, 0.25) is 5.02 Å². The lowest BCUT2D eigenvalue weighted by Gasteiger charge is -2.13. The van der Waals surface area contributed by atoms with Gasteiger partial charge in [0.15, 0.2) is 0 Å². The van der Waals surface area contributed by atoms with E-state index >= 15 is 0 Å². The zero-order valence-electron chi connectivity index (χ0n) is 10.4. The third-order valence-electron chi connectivity index (χ3n) is 2.91. The Morgan fingerprint density at radius 3 is 2.74 bits per heavy atom. The third kappa shape index (κ3) is 3.46. The van der Waals surface area contributed by atoms with E-state index < -0.39 is 11.9 Å². The lowest BCUT2D eigenvalue weighted by atomic mass is 10.0. The molecule has 2 aromatic rings. The molecule has 4 heteroatoms. The van der Waals surface area contributed by atoms with Gasteiger partial charge in [-0.2, -0.15) is 0 Å². The van der Waals surface area contributed by atoms with Gasteiger partial charge >= 0.3 is 0 Å². The van der Waals surface area contributed by atoms with Crippen LogP contribution < -0.4 is 4.74 Å². The van der Waals surface area contributed by atoms with E-state index in [4.69, 9.17) is 16.3 Å². The van der Waals surface area contributed by atoms with Gasteiger partial charge in [0.2, 0.25) is 0 Å². The maximum Gasteiger partial charge on any atom is 0.127 e. The van der Waals surface area contributed by atoms with Gasteiger partial charge in [-0.3, -0.25) is 0 Å². The van der Waals surface area contributed by atoms with Gasteiger partial charge in [-0.1, -0.05) is 29.8 Å². The van der Waals surface area contributed by atoms with Crippen molar-refractivity contribution < 1.29 is 14.2 Å². The van der Waals surface area contributed by atoms with Crippen LogP contribution in [-0.4, -0.2) is 12.2 Å². The van der Waals surface area contributed by atoms with Crippen molar-refractivity contribution >= 4 is 11.6 Å². The van der Waals surface area contributed by atoms with E-state index in [0.29, 0.717) is 21.9 Å².